The van der Waals surface area contributed by atoms with Gasteiger partial charge in [0.25, 0.3) is 10.1 Å². The van der Waals surface area contributed by atoms with Crippen LogP contribution in [0.4, 0.5) is 0 Å². The van der Waals surface area contributed by atoms with E-state index in [-0.39, 0.29) is 5.41 Å². The standard InChI is InChI=1S/C24H35NO6S/c1-17(11-12-20-19(3)10-7-14-24(20,4)5)8-6-9-18(2)16-22(26)25-21(23(27)28)13-15-32(29,30)31/h6,8-9,11-12,16,21H,7,10,13-15H2,1-5H3,(H,25,26)(H,27,28)(H,29,30,31)/b9-6+,12-11+,17-8+,18-16+. The van der Waals surface area contributed by atoms with Crippen LogP contribution in [0.25, 0.3) is 0 Å². The maximum Gasteiger partial charge on any atom is 0.326 e. The maximum atomic E-state index is 12.0. The molecule has 1 amide bonds. The normalized spacial score (nSPS) is 18.9. The highest BCUT2D eigenvalue weighted by Gasteiger charge is 2.26. The van der Waals surface area contributed by atoms with Gasteiger partial charge in [-0.05, 0) is 63.0 Å². The molecule has 0 radical (unpaired) electrons. The van der Waals surface area contributed by atoms with Crippen molar-refractivity contribution in [3.63, 3.8) is 0 Å². The summed E-state index contributed by atoms with van der Waals surface area (Å²) in [7, 11) is -4.31. The molecule has 0 aliphatic heterocycles. The first kappa shape index (κ1) is 27.6. The highest BCUT2D eigenvalue weighted by molar-refractivity contribution is 7.85. The van der Waals surface area contributed by atoms with Crippen molar-refractivity contribution in [2.75, 3.05) is 5.75 Å². The molecule has 1 atom stereocenters. The van der Waals surface area contributed by atoms with Crippen molar-refractivity contribution in [2.45, 2.75) is 66.3 Å². The number of hydrogen-bond acceptors (Lipinski definition) is 4. The van der Waals surface area contributed by atoms with Crippen LogP contribution in [0.5, 0.6) is 0 Å². The van der Waals surface area contributed by atoms with Gasteiger partial charge in [-0.25, -0.2) is 4.79 Å². The molecule has 0 saturated carbocycles. The van der Waals surface area contributed by atoms with Crippen LogP contribution in [0.1, 0.15) is 60.3 Å². The Kier molecular flexibility index (Phi) is 10.3. The molecule has 1 rings (SSSR count). The smallest absolute Gasteiger partial charge is 0.326 e. The third-order valence-corrected chi connectivity index (χ3v) is 6.16. The van der Waals surface area contributed by atoms with E-state index in [1.165, 1.54) is 30.1 Å². The fourth-order valence-corrected chi connectivity index (χ4v) is 4.16. The summed E-state index contributed by atoms with van der Waals surface area (Å²) in [6.07, 6.45) is 14.1. The van der Waals surface area contributed by atoms with E-state index in [0.717, 1.165) is 12.0 Å². The number of carbonyl (C=O) groups excluding carboxylic acids is 1. The number of amides is 1. The van der Waals surface area contributed by atoms with Crippen LogP contribution in [0.3, 0.4) is 0 Å². The van der Waals surface area contributed by atoms with E-state index >= 15 is 0 Å². The summed E-state index contributed by atoms with van der Waals surface area (Å²) in [5.41, 5.74) is 4.64. The summed E-state index contributed by atoms with van der Waals surface area (Å²) >= 11 is 0. The van der Waals surface area contributed by atoms with Crippen molar-refractivity contribution in [1.82, 2.24) is 5.32 Å². The lowest BCUT2D eigenvalue weighted by atomic mass is 9.72. The second-order valence-corrected chi connectivity index (χ2v) is 10.5. The number of rotatable bonds is 10. The van der Waals surface area contributed by atoms with E-state index in [0.29, 0.717) is 5.57 Å². The molecule has 7 nitrogen and oxygen atoms in total. The van der Waals surface area contributed by atoms with Crippen LogP contribution in [0.2, 0.25) is 0 Å². The minimum Gasteiger partial charge on any atom is -0.480 e. The Morgan fingerprint density at radius 2 is 1.84 bits per heavy atom. The summed E-state index contributed by atoms with van der Waals surface area (Å²) in [6.45, 7) is 10.4. The lowest BCUT2D eigenvalue weighted by Gasteiger charge is -2.32. The zero-order valence-electron chi connectivity index (χ0n) is 19.5. The van der Waals surface area contributed by atoms with Crippen LogP contribution < -0.4 is 5.32 Å². The number of carbonyl (C=O) groups is 2. The Balaban J connectivity index is 2.74. The minimum absolute atomic E-state index is 0.177. The molecule has 0 bridgehead atoms. The molecular formula is C24H35NO6S. The maximum absolute atomic E-state index is 12.0. The Hall–Kier alpha value is -2.45. The van der Waals surface area contributed by atoms with Gasteiger partial charge in [0, 0.05) is 6.08 Å². The minimum atomic E-state index is -4.31. The van der Waals surface area contributed by atoms with Crippen LogP contribution in [-0.2, 0) is 19.7 Å². The van der Waals surface area contributed by atoms with Crippen LogP contribution in [0, 0.1) is 5.41 Å². The second kappa shape index (κ2) is 12.0. The van der Waals surface area contributed by atoms with Gasteiger partial charge >= 0.3 is 5.97 Å². The van der Waals surface area contributed by atoms with E-state index in [1.807, 2.05) is 13.0 Å². The predicted molar refractivity (Wildman–Crippen MR) is 127 cm³/mol. The third kappa shape index (κ3) is 10.2. The number of carboxylic acids is 1. The van der Waals surface area contributed by atoms with Gasteiger partial charge in [-0.3, -0.25) is 9.35 Å². The van der Waals surface area contributed by atoms with Crippen molar-refractivity contribution in [1.29, 1.82) is 0 Å². The quantitative estimate of drug-likeness (QED) is 0.250. The van der Waals surface area contributed by atoms with Crippen molar-refractivity contribution in [3.05, 3.63) is 58.7 Å². The first-order chi connectivity index (χ1) is 14.7. The fraction of sp³-hybridized carbons (Fsp3) is 0.500. The van der Waals surface area contributed by atoms with Crippen molar-refractivity contribution >= 4 is 22.0 Å². The van der Waals surface area contributed by atoms with Gasteiger partial charge in [0.05, 0.1) is 5.75 Å². The monoisotopic (exact) mass is 465 g/mol. The van der Waals surface area contributed by atoms with E-state index in [4.69, 9.17) is 9.66 Å². The molecular weight excluding hydrogens is 430 g/mol. The lowest BCUT2D eigenvalue weighted by molar-refractivity contribution is -0.141. The van der Waals surface area contributed by atoms with E-state index in [1.54, 1.807) is 19.1 Å². The Morgan fingerprint density at radius 1 is 1.19 bits per heavy atom. The molecule has 1 aliphatic carbocycles. The molecule has 0 saturated heterocycles. The Morgan fingerprint density at radius 3 is 2.41 bits per heavy atom. The molecule has 0 spiro atoms. The molecule has 0 aromatic carbocycles. The second-order valence-electron chi connectivity index (χ2n) is 8.90. The van der Waals surface area contributed by atoms with E-state index < -0.39 is 40.2 Å². The summed E-state index contributed by atoms with van der Waals surface area (Å²) in [4.78, 5) is 23.2. The molecule has 1 unspecified atom stereocenters. The van der Waals surface area contributed by atoms with Crippen molar-refractivity contribution in [3.8, 4) is 0 Å². The molecule has 0 aromatic rings. The topological polar surface area (TPSA) is 121 Å². The van der Waals surface area contributed by atoms with Gasteiger partial charge in [-0.1, -0.05) is 55.4 Å². The van der Waals surface area contributed by atoms with Gasteiger partial charge in [0.15, 0.2) is 0 Å². The Labute approximate surface area is 191 Å². The molecule has 0 heterocycles. The average Bonchev–Trinajstić information content (AvgIpc) is 2.63. The molecule has 0 aromatic heterocycles. The first-order valence-electron chi connectivity index (χ1n) is 10.6. The molecule has 8 heteroatoms. The third-order valence-electron chi connectivity index (χ3n) is 5.41. The number of aliphatic carboxylic acids is 1. The number of nitrogens with one attached hydrogen (secondary N) is 1. The van der Waals surface area contributed by atoms with Crippen LogP contribution in [-0.4, -0.2) is 41.7 Å². The highest BCUT2D eigenvalue weighted by atomic mass is 32.2. The molecule has 0 fully saturated rings. The zero-order chi connectivity index (χ0) is 24.5. The SMILES string of the molecule is CC1=C(/C=C/C(C)=C/C=C/C(C)=C/C(=O)NC(CCS(=O)(=O)O)C(=O)O)C(C)(C)CCC1. The summed E-state index contributed by atoms with van der Waals surface area (Å²) in [6, 6.07) is -1.41. The number of hydrogen-bond donors (Lipinski definition) is 3. The van der Waals surface area contributed by atoms with Gasteiger partial charge in [0.2, 0.25) is 5.91 Å². The number of carboxylic acid groups (broad SMARTS) is 1. The summed E-state index contributed by atoms with van der Waals surface area (Å²) < 4.78 is 30.3. The van der Waals surface area contributed by atoms with Gasteiger partial charge < -0.3 is 10.4 Å². The van der Waals surface area contributed by atoms with E-state index in [9.17, 15) is 18.0 Å². The largest absolute Gasteiger partial charge is 0.480 e. The lowest BCUT2D eigenvalue weighted by Crippen LogP contribution is -2.41. The molecule has 32 heavy (non-hydrogen) atoms. The van der Waals surface area contributed by atoms with Crippen LogP contribution in [0.15, 0.2) is 58.7 Å². The molecule has 178 valence electrons. The van der Waals surface area contributed by atoms with Gasteiger partial charge in [-0.15, -0.1) is 0 Å². The average molecular weight is 466 g/mol. The fourth-order valence-electron chi connectivity index (χ4n) is 3.62. The Bertz CT molecular complexity index is 964. The van der Waals surface area contributed by atoms with E-state index in [2.05, 4.69) is 38.2 Å². The molecule has 1 aliphatic rings. The van der Waals surface area contributed by atoms with Crippen molar-refractivity contribution in [2.24, 2.45) is 5.41 Å². The summed E-state index contributed by atoms with van der Waals surface area (Å²) in [5, 5.41) is 11.3. The highest BCUT2D eigenvalue weighted by Crippen LogP contribution is 2.40. The van der Waals surface area contributed by atoms with Crippen LogP contribution >= 0.6 is 0 Å². The first-order valence-corrected chi connectivity index (χ1v) is 12.2. The molecule has 3 N–H and O–H groups in total. The van der Waals surface area contributed by atoms with Gasteiger partial charge in [0.1, 0.15) is 6.04 Å². The van der Waals surface area contributed by atoms with Crippen molar-refractivity contribution < 1.29 is 27.7 Å². The summed E-state index contributed by atoms with van der Waals surface area (Å²) in [5.74, 6) is -2.78. The number of allylic oxidation sites excluding steroid dienone is 9. The zero-order valence-corrected chi connectivity index (χ0v) is 20.3. The van der Waals surface area contributed by atoms with Gasteiger partial charge in [-0.2, -0.15) is 8.42 Å². The predicted octanol–water partition coefficient (Wildman–Crippen LogP) is 4.37.